The number of thioether (sulfide) groups is 1. The van der Waals surface area contributed by atoms with Gasteiger partial charge in [0.2, 0.25) is 5.91 Å². The molecule has 1 atom stereocenters. The van der Waals surface area contributed by atoms with E-state index in [2.05, 4.69) is 15.3 Å². The molecule has 2 aliphatic heterocycles. The van der Waals surface area contributed by atoms with Crippen molar-refractivity contribution in [1.29, 1.82) is 0 Å². The minimum Gasteiger partial charge on any atom is -0.365 e. The molecule has 2 amide bonds. The fourth-order valence-electron chi connectivity index (χ4n) is 4.04. The first-order valence-corrected chi connectivity index (χ1v) is 12.3. The van der Waals surface area contributed by atoms with E-state index in [4.69, 9.17) is 16.3 Å². The van der Waals surface area contributed by atoms with Crippen LogP contribution in [0.3, 0.4) is 0 Å². The van der Waals surface area contributed by atoms with Crippen LogP contribution in [-0.2, 0) is 22.7 Å². The molecule has 4 heterocycles. The number of halogens is 1. The van der Waals surface area contributed by atoms with E-state index >= 15 is 0 Å². The van der Waals surface area contributed by atoms with Crippen LogP contribution in [0, 0.1) is 0 Å². The quantitative estimate of drug-likeness (QED) is 0.499. The second kappa shape index (κ2) is 10.1. The van der Waals surface area contributed by atoms with Gasteiger partial charge in [-0.1, -0.05) is 28.9 Å². The standard InChI is InChI=1S/C23H23ClN6O3S/c24-17-3-1-16(2-4-17)20-13-30-19(14-33-20)22(26-27-30)23(32)29-11-9-28(10-12-29)21(31)15-34-18-5-7-25-8-6-18/h1-8,20H,9-15H2/t20-/m1/s1. The molecule has 34 heavy (non-hydrogen) atoms. The van der Waals surface area contributed by atoms with Crippen LogP contribution < -0.4 is 0 Å². The summed E-state index contributed by atoms with van der Waals surface area (Å²) in [6, 6.07) is 11.3. The second-order valence-corrected chi connectivity index (χ2v) is 9.55. The van der Waals surface area contributed by atoms with Crippen LogP contribution in [0.1, 0.15) is 27.8 Å². The molecule has 0 saturated carbocycles. The summed E-state index contributed by atoms with van der Waals surface area (Å²) in [6.45, 7) is 2.66. The van der Waals surface area contributed by atoms with Crippen molar-refractivity contribution in [2.24, 2.45) is 0 Å². The first-order chi connectivity index (χ1) is 16.6. The minimum absolute atomic E-state index is 0.0663. The molecule has 0 radical (unpaired) electrons. The third kappa shape index (κ3) is 4.94. The molecule has 3 aromatic rings. The summed E-state index contributed by atoms with van der Waals surface area (Å²) >= 11 is 7.46. The molecule has 9 nitrogen and oxygen atoms in total. The maximum Gasteiger partial charge on any atom is 0.276 e. The van der Waals surface area contributed by atoms with Gasteiger partial charge in [-0.25, -0.2) is 4.68 Å². The van der Waals surface area contributed by atoms with Crippen LogP contribution in [0.25, 0.3) is 0 Å². The van der Waals surface area contributed by atoms with Crippen LogP contribution in [0.15, 0.2) is 53.7 Å². The fourth-order valence-corrected chi connectivity index (χ4v) is 4.95. The fraction of sp³-hybridized carbons (Fsp3) is 0.348. The maximum absolute atomic E-state index is 13.1. The van der Waals surface area contributed by atoms with Gasteiger partial charge in [0.1, 0.15) is 6.10 Å². The van der Waals surface area contributed by atoms with Crippen molar-refractivity contribution >= 4 is 35.2 Å². The zero-order chi connectivity index (χ0) is 23.5. The lowest BCUT2D eigenvalue weighted by molar-refractivity contribution is -0.129. The Morgan fingerprint density at radius 3 is 2.47 bits per heavy atom. The summed E-state index contributed by atoms with van der Waals surface area (Å²) in [5.41, 5.74) is 2.01. The lowest BCUT2D eigenvalue weighted by Gasteiger charge is -2.34. The predicted octanol–water partition coefficient (Wildman–Crippen LogP) is 2.67. The highest BCUT2D eigenvalue weighted by atomic mass is 35.5. The molecule has 0 aliphatic carbocycles. The minimum atomic E-state index is -0.173. The molecule has 0 spiro atoms. The SMILES string of the molecule is O=C(CSc1ccncc1)N1CCN(C(=O)c2nnn3c2CO[C@@H](c2ccc(Cl)cc2)C3)CC1. The Kier molecular flexibility index (Phi) is 6.80. The number of piperazine rings is 1. The van der Waals surface area contributed by atoms with E-state index in [1.54, 1.807) is 26.9 Å². The van der Waals surface area contributed by atoms with Crippen LogP contribution >= 0.6 is 23.4 Å². The number of amides is 2. The number of fused-ring (bicyclic) bond motifs is 1. The summed E-state index contributed by atoms with van der Waals surface area (Å²) in [7, 11) is 0. The van der Waals surface area contributed by atoms with Gasteiger partial charge in [-0.2, -0.15) is 0 Å². The van der Waals surface area contributed by atoms with Crippen molar-refractivity contribution in [3.63, 3.8) is 0 Å². The van der Waals surface area contributed by atoms with Crippen molar-refractivity contribution in [2.75, 3.05) is 31.9 Å². The zero-order valence-electron chi connectivity index (χ0n) is 18.3. The molecule has 2 aliphatic rings. The highest BCUT2D eigenvalue weighted by Gasteiger charge is 2.32. The van der Waals surface area contributed by atoms with E-state index in [-0.39, 0.29) is 24.5 Å². The first kappa shape index (κ1) is 22.8. The van der Waals surface area contributed by atoms with Crippen LogP contribution in [0.2, 0.25) is 5.02 Å². The van der Waals surface area contributed by atoms with E-state index in [0.717, 1.165) is 10.5 Å². The second-order valence-electron chi connectivity index (χ2n) is 8.06. The monoisotopic (exact) mass is 498 g/mol. The largest absolute Gasteiger partial charge is 0.365 e. The van der Waals surface area contributed by atoms with E-state index in [9.17, 15) is 9.59 Å². The van der Waals surface area contributed by atoms with Crippen LogP contribution in [-0.4, -0.2) is 73.5 Å². The molecule has 1 saturated heterocycles. The van der Waals surface area contributed by atoms with Gasteiger partial charge in [0.25, 0.3) is 5.91 Å². The molecule has 0 N–H and O–H groups in total. The molecular formula is C23H23ClN6O3S. The van der Waals surface area contributed by atoms with Crippen LogP contribution in [0.5, 0.6) is 0 Å². The molecule has 5 rings (SSSR count). The summed E-state index contributed by atoms with van der Waals surface area (Å²) in [4.78, 5) is 34.2. The number of hydrogen-bond acceptors (Lipinski definition) is 7. The Hall–Kier alpha value is -2.95. The lowest BCUT2D eigenvalue weighted by atomic mass is 10.1. The number of benzene rings is 1. The van der Waals surface area contributed by atoms with Crippen molar-refractivity contribution in [1.82, 2.24) is 29.8 Å². The number of nitrogens with zero attached hydrogens (tertiary/aromatic N) is 6. The molecular weight excluding hydrogens is 476 g/mol. The van der Waals surface area contributed by atoms with E-state index in [1.165, 1.54) is 11.8 Å². The Morgan fingerprint density at radius 2 is 1.74 bits per heavy atom. The van der Waals surface area contributed by atoms with E-state index in [0.29, 0.717) is 54.9 Å². The smallest absolute Gasteiger partial charge is 0.276 e. The third-order valence-electron chi connectivity index (χ3n) is 5.97. The molecule has 0 bridgehead atoms. The van der Waals surface area contributed by atoms with Crippen LogP contribution in [0.4, 0.5) is 0 Å². The van der Waals surface area contributed by atoms with Gasteiger partial charge < -0.3 is 14.5 Å². The topological polar surface area (TPSA) is 93.5 Å². The average Bonchev–Trinajstić information content (AvgIpc) is 3.31. The number of aromatic nitrogens is 4. The van der Waals surface area contributed by atoms with Gasteiger partial charge >= 0.3 is 0 Å². The summed E-state index contributed by atoms with van der Waals surface area (Å²) < 4.78 is 7.75. The van der Waals surface area contributed by atoms with E-state index < -0.39 is 0 Å². The van der Waals surface area contributed by atoms with Gasteiger partial charge in [0.05, 0.1) is 24.6 Å². The Labute approximate surface area is 206 Å². The lowest BCUT2D eigenvalue weighted by Crippen LogP contribution is -2.51. The summed E-state index contributed by atoms with van der Waals surface area (Å²) in [5.74, 6) is 0.257. The molecule has 1 aromatic carbocycles. The zero-order valence-corrected chi connectivity index (χ0v) is 19.9. The number of ether oxygens (including phenoxy) is 1. The van der Waals surface area contributed by atoms with Gasteiger partial charge in [-0.05, 0) is 29.8 Å². The van der Waals surface area contributed by atoms with Gasteiger partial charge in [0.15, 0.2) is 5.69 Å². The van der Waals surface area contributed by atoms with Gasteiger partial charge in [0, 0.05) is 48.5 Å². The van der Waals surface area contributed by atoms with Crippen molar-refractivity contribution < 1.29 is 14.3 Å². The Morgan fingerprint density at radius 1 is 1.03 bits per heavy atom. The van der Waals surface area contributed by atoms with Gasteiger partial charge in [-0.15, -0.1) is 16.9 Å². The molecule has 2 aromatic heterocycles. The Bertz CT molecular complexity index is 1170. The predicted molar refractivity (Wildman–Crippen MR) is 126 cm³/mol. The molecule has 1 fully saturated rings. The maximum atomic E-state index is 13.1. The van der Waals surface area contributed by atoms with Crippen molar-refractivity contribution in [3.8, 4) is 0 Å². The highest BCUT2D eigenvalue weighted by molar-refractivity contribution is 8.00. The molecule has 0 unspecified atom stereocenters. The third-order valence-corrected chi connectivity index (χ3v) is 7.22. The molecule has 176 valence electrons. The van der Waals surface area contributed by atoms with Crippen molar-refractivity contribution in [3.05, 3.63) is 70.8 Å². The normalized spacial score (nSPS) is 18.0. The van der Waals surface area contributed by atoms with Crippen molar-refractivity contribution in [2.45, 2.75) is 24.2 Å². The average molecular weight is 499 g/mol. The summed E-state index contributed by atoms with van der Waals surface area (Å²) in [5, 5.41) is 9.04. The highest BCUT2D eigenvalue weighted by Crippen LogP contribution is 2.28. The number of carbonyl (C=O) groups excluding carboxylic acids is 2. The Balaban J connectivity index is 1.16. The molecule has 11 heteroatoms. The number of pyridine rings is 1. The summed E-state index contributed by atoms with van der Waals surface area (Å²) in [6.07, 6.45) is 3.25. The van der Waals surface area contributed by atoms with E-state index in [1.807, 2.05) is 36.4 Å². The van der Waals surface area contributed by atoms with Gasteiger partial charge in [-0.3, -0.25) is 14.6 Å². The number of hydrogen-bond donors (Lipinski definition) is 0. The number of rotatable bonds is 5. The number of carbonyl (C=O) groups is 2. The first-order valence-electron chi connectivity index (χ1n) is 11.0.